The fourth-order valence-electron chi connectivity index (χ4n) is 1.24. The van der Waals surface area contributed by atoms with Gasteiger partial charge in [0.2, 0.25) is 0 Å². The van der Waals surface area contributed by atoms with E-state index in [4.69, 9.17) is 8.85 Å². The van der Waals surface area contributed by atoms with Gasteiger partial charge < -0.3 is 8.85 Å². The first-order valence-electron chi connectivity index (χ1n) is 4.33. The predicted molar refractivity (Wildman–Crippen MR) is 54.6 cm³/mol. The Hall–Kier alpha value is 0.354. The van der Waals surface area contributed by atoms with E-state index in [1.165, 1.54) is 18.9 Å². The first kappa shape index (κ1) is 11.4. The zero-order valence-electron chi connectivity index (χ0n) is 7.93. The fourth-order valence-corrected chi connectivity index (χ4v) is 4.31. The molecule has 4 heteroatoms. The van der Waals surface area contributed by atoms with Gasteiger partial charge >= 0.3 is 0 Å². The number of hydrogen-bond donors (Lipinski definition) is 0. The average molecular weight is 192 g/mol. The smallest absolute Gasteiger partial charge is 0.163 e. The first-order chi connectivity index (χ1) is 5.35. The Morgan fingerprint density at radius 2 is 2.00 bits per heavy atom. The third-order valence-electron chi connectivity index (χ3n) is 1.83. The van der Waals surface area contributed by atoms with Crippen LogP contribution >= 0.6 is 0 Å². The summed E-state index contributed by atoms with van der Waals surface area (Å²) in [6, 6.07) is 1.32. The molecule has 0 aliphatic heterocycles. The molecule has 1 atom stereocenters. The predicted octanol–water partition coefficient (Wildman–Crippen LogP) is 0.454. The lowest BCUT2D eigenvalue weighted by atomic mass is 10.3. The van der Waals surface area contributed by atoms with Crippen LogP contribution in [0.15, 0.2) is 0 Å². The van der Waals surface area contributed by atoms with Crippen molar-refractivity contribution in [3.05, 3.63) is 0 Å². The van der Waals surface area contributed by atoms with Crippen molar-refractivity contribution in [2.24, 2.45) is 0 Å². The van der Waals surface area contributed by atoms with Crippen LogP contribution in [-0.2, 0) is 8.85 Å². The Morgan fingerprint density at radius 1 is 1.27 bits per heavy atom. The van der Waals surface area contributed by atoms with Crippen LogP contribution in [0.4, 0.5) is 0 Å². The average Bonchev–Trinajstić information content (AvgIpc) is 2.01. The molecule has 2 nitrogen and oxygen atoms in total. The second-order valence-electron chi connectivity index (χ2n) is 2.89. The van der Waals surface area contributed by atoms with Crippen molar-refractivity contribution in [2.75, 3.05) is 14.2 Å². The van der Waals surface area contributed by atoms with E-state index in [0.29, 0.717) is 0 Å². The maximum atomic E-state index is 5.26. The van der Waals surface area contributed by atoms with E-state index < -0.39 is 0 Å². The van der Waals surface area contributed by atoms with Gasteiger partial charge in [0.1, 0.15) is 0 Å². The molecule has 0 bridgehead atoms. The minimum Gasteiger partial charge on any atom is -0.427 e. The van der Waals surface area contributed by atoms with Gasteiger partial charge in [0.15, 0.2) is 19.5 Å². The Labute approximate surface area is 74.6 Å². The summed E-state index contributed by atoms with van der Waals surface area (Å²) >= 11 is 0. The minimum absolute atomic E-state index is 0.212. The summed E-state index contributed by atoms with van der Waals surface area (Å²) in [5.41, 5.74) is 0.886. The van der Waals surface area contributed by atoms with Gasteiger partial charge in [0.25, 0.3) is 0 Å². The first-order valence-corrected chi connectivity index (χ1v) is 7.30. The maximum Gasteiger partial charge on any atom is 0.163 e. The lowest BCUT2D eigenvalue weighted by molar-refractivity contribution is 0.418. The molecular formula is C7H20O2Si2. The quantitative estimate of drug-likeness (QED) is 0.546. The molecule has 0 saturated heterocycles. The van der Waals surface area contributed by atoms with E-state index in [1.807, 2.05) is 14.2 Å². The van der Waals surface area contributed by atoms with Gasteiger partial charge in [-0.3, -0.25) is 0 Å². The molecule has 0 aromatic rings. The minimum atomic E-state index is -0.241. The Kier molecular flexibility index (Phi) is 8.72. The molecule has 68 valence electrons. The molecule has 0 amide bonds. The van der Waals surface area contributed by atoms with Crippen LogP contribution in [0.1, 0.15) is 19.8 Å². The van der Waals surface area contributed by atoms with E-state index >= 15 is 0 Å². The van der Waals surface area contributed by atoms with Gasteiger partial charge in [-0.25, -0.2) is 0 Å². The largest absolute Gasteiger partial charge is 0.427 e. The molecule has 0 N–H and O–H groups in total. The van der Waals surface area contributed by atoms with Crippen LogP contribution in [-0.4, -0.2) is 33.7 Å². The third-order valence-corrected chi connectivity index (χ3v) is 5.73. The molecule has 0 aromatic heterocycles. The topological polar surface area (TPSA) is 18.5 Å². The van der Waals surface area contributed by atoms with E-state index in [2.05, 4.69) is 6.92 Å². The summed E-state index contributed by atoms with van der Waals surface area (Å²) in [7, 11) is 3.21. The highest BCUT2D eigenvalue weighted by Gasteiger charge is 2.07. The number of hydrogen-bond acceptors (Lipinski definition) is 2. The molecule has 0 aliphatic carbocycles. The van der Waals surface area contributed by atoms with Crippen LogP contribution in [0.5, 0.6) is 0 Å². The van der Waals surface area contributed by atoms with Crippen molar-refractivity contribution in [1.29, 1.82) is 0 Å². The van der Waals surface area contributed by atoms with Crippen molar-refractivity contribution in [3.63, 3.8) is 0 Å². The van der Waals surface area contributed by atoms with Crippen LogP contribution in [0.25, 0.3) is 0 Å². The van der Waals surface area contributed by atoms with Crippen molar-refractivity contribution < 1.29 is 8.85 Å². The van der Waals surface area contributed by atoms with Crippen molar-refractivity contribution in [3.8, 4) is 0 Å². The van der Waals surface area contributed by atoms with Gasteiger partial charge in [-0.1, -0.05) is 19.8 Å². The molecule has 0 aliphatic rings. The van der Waals surface area contributed by atoms with Crippen molar-refractivity contribution in [2.45, 2.75) is 31.4 Å². The van der Waals surface area contributed by atoms with Gasteiger partial charge in [-0.05, 0) is 11.6 Å². The molecule has 0 heterocycles. The van der Waals surface area contributed by atoms with Crippen LogP contribution in [0, 0.1) is 0 Å². The molecule has 11 heavy (non-hydrogen) atoms. The lowest BCUT2D eigenvalue weighted by Gasteiger charge is -2.12. The molecule has 1 unspecified atom stereocenters. The Morgan fingerprint density at radius 3 is 2.45 bits per heavy atom. The summed E-state index contributed by atoms with van der Waals surface area (Å²) in [6.45, 7) is 2.24. The summed E-state index contributed by atoms with van der Waals surface area (Å²) in [5.74, 6) is 0. The monoisotopic (exact) mass is 192 g/mol. The normalized spacial score (nSPS) is 15.5. The third kappa shape index (κ3) is 6.74. The van der Waals surface area contributed by atoms with Crippen LogP contribution < -0.4 is 0 Å². The highest BCUT2D eigenvalue weighted by atomic mass is 28.2. The molecule has 0 radical (unpaired) electrons. The van der Waals surface area contributed by atoms with Crippen LogP contribution in [0.3, 0.4) is 0 Å². The number of rotatable bonds is 7. The van der Waals surface area contributed by atoms with Crippen LogP contribution in [0.2, 0.25) is 11.6 Å². The summed E-state index contributed by atoms with van der Waals surface area (Å²) in [6.07, 6.45) is 2.63. The fraction of sp³-hybridized carbons (Fsp3) is 1.00. The van der Waals surface area contributed by atoms with Gasteiger partial charge in [0.05, 0.1) is 0 Å². The summed E-state index contributed by atoms with van der Waals surface area (Å²) in [5, 5.41) is 0. The molecule has 0 fully saturated rings. The van der Waals surface area contributed by atoms with Crippen molar-refractivity contribution in [1.82, 2.24) is 0 Å². The Bertz CT molecular complexity index is 74.8. The van der Waals surface area contributed by atoms with E-state index in [9.17, 15) is 0 Å². The molecular weight excluding hydrogens is 172 g/mol. The molecule has 0 saturated carbocycles. The maximum absolute atomic E-state index is 5.26. The second kappa shape index (κ2) is 8.45. The van der Waals surface area contributed by atoms with E-state index in [-0.39, 0.29) is 19.5 Å². The van der Waals surface area contributed by atoms with E-state index in [0.717, 1.165) is 5.54 Å². The van der Waals surface area contributed by atoms with Gasteiger partial charge in [-0.15, -0.1) is 0 Å². The molecule has 0 spiro atoms. The summed E-state index contributed by atoms with van der Waals surface area (Å²) in [4.78, 5) is 0. The zero-order chi connectivity index (χ0) is 8.53. The highest BCUT2D eigenvalue weighted by molar-refractivity contribution is 6.36. The molecule has 0 aromatic carbocycles. The standard InChI is InChI=1S/C7H20O2Si2/c1-4-5-7(11-9-3)6-10-8-2/h7H,4-6,10-11H2,1-3H3. The molecule has 0 rings (SSSR count). The van der Waals surface area contributed by atoms with Crippen molar-refractivity contribution >= 4 is 19.5 Å². The highest BCUT2D eigenvalue weighted by Crippen LogP contribution is 2.16. The van der Waals surface area contributed by atoms with Gasteiger partial charge in [-0.2, -0.15) is 0 Å². The second-order valence-corrected chi connectivity index (χ2v) is 6.52. The lowest BCUT2D eigenvalue weighted by Crippen LogP contribution is -2.09. The summed E-state index contributed by atoms with van der Waals surface area (Å²) < 4.78 is 10.4. The van der Waals surface area contributed by atoms with E-state index in [1.54, 1.807) is 0 Å². The zero-order valence-corrected chi connectivity index (χ0v) is 10.8. The SMILES string of the molecule is CCCC(C[SiH2]OC)[SiH2]OC. The van der Waals surface area contributed by atoms with Gasteiger partial charge in [0, 0.05) is 14.2 Å². The Balaban J connectivity index is 3.34.